The van der Waals surface area contributed by atoms with Crippen molar-refractivity contribution in [1.29, 1.82) is 0 Å². The molecule has 1 aliphatic heterocycles. The average molecular weight is 290 g/mol. The fourth-order valence-corrected chi connectivity index (χ4v) is 3.03. The molecular weight excluding hydrogens is 264 g/mol. The largest absolute Gasteiger partial charge is 0.389 e. The van der Waals surface area contributed by atoms with E-state index in [4.69, 9.17) is 18.0 Å². The van der Waals surface area contributed by atoms with Crippen LogP contribution in [0.5, 0.6) is 0 Å². The summed E-state index contributed by atoms with van der Waals surface area (Å²) in [5.74, 6) is 0. The van der Waals surface area contributed by atoms with Crippen molar-refractivity contribution in [3.63, 3.8) is 0 Å². The smallest absolute Gasteiger partial charge is 0.103 e. The molecule has 2 nitrogen and oxygen atoms in total. The first kappa shape index (κ1) is 15.5. The molecule has 3 heteroatoms. The van der Waals surface area contributed by atoms with Crippen LogP contribution in [0, 0.1) is 12.3 Å². The van der Waals surface area contributed by atoms with Gasteiger partial charge in [0.1, 0.15) is 4.99 Å². The zero-order chi connectivity index (χ0) is 14.8. The molecule has 1 fully saturated rings. The molecule has 2 N–H and O–H groups in total. The molecule has 1 heterocycles. The van der Waals surface area contributed by atoms with Crippen LogP contribution in [-0.2, 0) is 6.54 Å². The number of rotatable bonds is 3. The highest BCUT2D eigenvalue weighted by molar-refractivity contribution is 7.80. The summed E-state index contributed by atoms with van der Waals surface area (Å²) < 4.78 is 0. The highest BCUT2D eigenvalue weighted by atomic mass is 32.1. The Kier molecular flexibility index (Phi) is 4.82. The van der Waals surface area contributed by atoms with E-state index >= 15 is 0 Å². The van der Waals surface area contributed by atoms with Gasteiger partial charge in [0.25, 0.3) is 0 Å². The van der Waals surface area contributed by atoms with Crippen molar-refractivity contribution in [2.24, 2.45) is 11.1 Å². The van der Waals surface area contributed by atoms with Gasteiger partial charge in [-0.2, -0.15) is 0 Å². The lowest BCUT2D eigenvalue weighted by molar-refractivity contribution is 0.255. The molecule has 0 atom stereocenters. The van der Waals surface area contributed by atoms with E-state index in [2.05, 4.69) is 37.8 Å². The fraction of sp³-hybridized carbons (Fsp3) is 0.588. The summed E-state index contributed by atoms with van der Waals surface area (Å²) in [4.78, 5) is 3.06. The van der Waals surface area contributed by atoms with E-state index in [1.165, 1.54) is 43.5 Å². The second-order valence-corrected chi connectivity index (χ2v) is 7.24. The Morgan fingerprint density at radius 2 is 2.05 bits per heavy atom. The van der Waals surface area contributed by atoms with E-state index in [0.717, 1.165) is 12.1 Å². The third-order valence-electron chi connectivity index (χ3n) is 4.45. The molecule has 0 unspecified atom stereocenters. The average Bonchev–Trinajstić information content (AvgIpc) is 2.53. The van der Waals surface area contributed by atoms with Crippen molar-refractivity contribution in [3.8, 4) is 0 Å². The lowest BCUT2D eigenvalue weighted by Gasteiger charge is -2.24. The van der Waals surface area contributed by atoms with Crippen LogP contribution in [0.3, 0.4) is 0 Å². The van der Waals surface area contributed by atoms with Crippen LogP contribution in [0.15, 0.2) is 18.2 Å². The Labute approximate surface area is 128 Å². The first-order chi connectivity index (χ1) is 9.37. The van der Waals surface area contributed by atoms with Gasteiger partial charge < -0.3 is 5.73 Å². The molecule has 0 aliphatic carbocycles. The number of thiocarbonyl (C=S) groups is 1. The quantitative estimate of drug-likeness (QED) is 0.862. The van der Waals surface area contributed by atoms with E-state index in [-0.39, 0.29) is 0 Å². The van der Waals surface area contributed by atoms with Crippen LogP contribution in [0.25, 0.3) is 0 Å². The molecule has 0 spiro atoms. The number of nitrogens with two attached hydrogens (primary N) is 1. The minimum absolute atomic E-state index is 0.483. The van der Waals surface area contributed by atoms with Gasteiger partial charge >= 0.3 is 0 Å². The first-order valence-corrected chi connectivity index (χ1v) is 7.90. The minimum Gasteiger partial charge on any atom is -0.389 e. The van der Waals surface area contributed by atoms with Crippen LogP contribution < -0.4 is 5.73 Å². The topological polar surface area (TPSA) is 29.3 Å². The van der Waals surface area contributed by atoms with Gasteiger partial charge in [-0.3, -0.25) is 4.90 Å². The van der Waals surface area contributed by atoms with E-state index < -0.39 is 0 Å². The number of hydrogen-bond acceptors (Lipinski definition) is 2. The summed E-state index contributed by atoms with van der Waals surface area (Å²) >= 11 is 5.04. The molecule has 0 amide bonds. The van der Waals surface area contributed by atoms with Crippen LogP contribution in [0.2, 0.25) is 0 Å². The van der Waals surface area contributed by atoms with Crippen LogP contribution in [0.1, 0.15) is 49.8 Å². The summed E-state index contributed by atoms with van der Waals surface area (Å²) in [5, 5.41) is 0. The minimum atomic E-state index is 0.483. The Hall–Kier alpha value is -0.930. The van der Waals surface area contributed by atoms with Crippen molar-refractivity contribution < 1.29 is 0 Å². The number of benzene rings is 1. The maximum atomic E-state index is 5.69. The predicted molar refractivity (Wildman–Crippen MR) is 90.0 cm³/mol. The Bertz CT molecular complexity index is 494. The van der Waals surface area contributed by atoms with Gasteiger partial charge in [0.15, 0.2) is 0 Å². The SMILES string of the molecule is Cc1cc(C(N)=S)ccc1CN1CCCC(C)(C)CC1. The molecule has 1 aromatic rings. The second-order valence-electron chi connectivity index (χ2n) is 6.80. The highest BCUT2D eigenvalue weighted by Crippen LogP contribution is 2.30. The predicted octanol–water partition coefficient (Wildman–Crippen LogP) is 3.64. The summed E-state index contributed by atoms with van der Waals surface area (Å²) in [5.41, 5.74) is 9.84. The number of aryl methyl sites for hydroxylation is 1. The zero-order valence-corrected chi connectivity index (χ0v) is 13.7. The Balaban J connectivity index is 2.05. The zero-order valence-electron chi connectivity index (χ0n) is 12.9. The third kappa shape index (κ3) is 4.03. The van der Waals surface area contributed by atoms with E-state index in [9.17, 15) is 0 Å². The van der Waals surface area contributed by atoms with Crippen LogP contribution in [0.4, 0.5) is 0 Å². The first-order valence-electron chi connectivity index (χ1n) is 7.49. The molecule has 1 aliphatic rings. The summed E-state index contributed by atoms with van der Waals surface area (Å²) in [6.45, 7) is 10.4. The number of likely N-dealkylation sites (tertiary alicyclic amines) is 1. The molecule has 2 rings (SSSR count). The van der Waals surface area contributed by atoms with E-state index in [1.807, 2.05) is 6.07 Å². The summed E-state index contributed by atoms with van der Waals surface area (Å²) in [6.07, 6.45) is 3.93. The van der Waals surface area contributed by atoms with Gasteiger partial charge in [0.05, 0.1) is 0 Å². The molecule has 0 aromatic heterocycles. The van der Waals surface area contributed by atoms with Crippen molar-refractivity contribution in [2.75, 3.05) is 13.1 Å². The molecule has 0 radical (unpaired) electrons. The maximum absolute atomic E-state index is 5.69. The molecule has 1 saturated heterocycles. The van der Waals surface area contributed by atoms with Gasteiger partial charge in [-0.15, -0.1) is 0 Å². The van der Waals surface area contributed by atoms with Gasteiger partial charge in [-0.1, -0.05) is 38.2 Å². The van der Waals surface area contributed by atoms with Crippen LogP contribution in [-0.4, -0.2) is 23.0 Å². The lowest BCUT2D eigenvalue weighted by atomic mass is 9.85. The van der Waals surface area contributed by atoms with Crippen molar-refractivity contribution >= 4 is 17.2 Å². The number of nitrogens with zero attached hydrogens (tertiary/aromatic N) is 1. The van der Waals surface area contributed by atoms with Crippen molar-refractivity contribution in [3.05, 3.63) is 34.9 Å². The van der Waals surface area contributed by atoms with E-state index in [0.29, 0.717) is 10.4 Å². The fourth-order valence-electron chi connectivity index (χ4n) is 2.90. The van der Waals surface area contributed by atoms with Gasteiger partial charge in [-0.25, -0.2) is 0 Å². The maximum Gasteiger partial charge on any atom is 0.103 e. The van der Waals surface area contributed by atoms with Gasteiger partial charge in [-0.05, 0) is 61.9 Å². The molecule has 1 aromatic carbocycles. The molecule has 0 saturated carbocycles. The highest BCUT2D eigenvalue weighted by Gasteiger charge is 2.23. The third-order valence-corrected chi connectivity index (χ3v) is 4.69. The molecule has 20 heavy (non-hydrogen) atoms. The monoisotopic (exact) mass is 290 g/mol. The summed E-state index contributed by atoms with van der Waals surface area (Å²) in [7, 11) is 0. The second kappa shape index (κ2) is 6.23. The molecule has 110 valence electrons. The van der Waals surface area contributed by atoms with Crippen LogP contribution >= 0.6 is 12.2 Å². The van der Waals surface area contributed by atoms with Crippen molar-refractivity contribution in [1.82, 2.24) is 4.90 Å². The van der Waals surface area contributed by atoms with Gasteiger partial charge in [0, 0.05) is 12.1 Å². The number of hydrogen-bond donors (Lipinski definition) is 1. The Morgan fingerprint density at radius 3 is 2.70 bits per heavy atom. The van der Waals surface area contributed by atoms with E-state index in [1.54, 1.807) is 0 Å². The van der Waals surface area contributed by atoms with Gasteiger partial charge in [0.2, 0.25) is 0 Å². The normalized spacial score (nSPS) is 19.6. The van der Waals surface area contributed by atoms with Crippen molar-refractivity contribution in [2.45, 2.75) is 46.6 Å². The lowest BCUT2D eigenvalue weighted by Crippen LogP contribution is -2.25. The molecule has 0 bridgehead atoms. The standard InChI is InChI=1S/C17H26N2S/c1-13-11-14(16(18)20)5-6-15(13)12-19-9-4-7-17(2,3)8-10-19/h5-6,11H,4,7-10,12H2,1-3H3,(H2,18,20). The Morgan fingerprint density at radius 1 is 1.30 bits per heavy atom. The summed E-state index contributed by atoms with van der Waals surface area (Å²) in [6, 6.07) is 6.34. The molecular formula is C17H26N2S.